The van der Waals surface area contributed by atoms with Crippen LogP contribution in [-0.2, 0) is 4.79 Å². The lowest BCUT2D eigenvalue weighted by Gasteiger charge is -1.94. The van der Waals surface area contributed by atoms with Crippen LogP contribution in [0, 0.1) is 0 Å². The Labute approximate surface area is 157 Å². The van der Waals surface area contributed by atoms with Crippen molar-refractivity contribution in [2.45, 2.75) is 48.0 Å². The molecule has 0 radical (unpaired) electrons. The Morgan fingerprint density at radius 3 is 2.00 bits per heavy atom. The van der Waals surface area contributed by atoms with Gasteiger partial charge in [0.05, 0.1) is 5.39 Å². The standard InChI is InChI=1S/C9H10N2O.C4H11N.C4H8.C3H6O2/c1-2-10-9-7-5-3-4-6-8(7)12-11-9;1-3-5-4-2;1-4(2)3;1-2-3(4)5/h3-6H,2H2,1H3,(H,10,11);5H,3-4H2,1-2H3;1H2,2-3H3;2H2,1H3,(H,4,5). The zero-order chi connectivity index (χ0) is 20.4. The zero-order valence-electron chi connectivity index (χ0n) is 17.1. The van der Waals surface area contributed by atoms with Gasteiger partial charge in [-0.2, -0.15) is 0 Å². The number of allylic oxidation sites excluding steroid dienone is 1. The smallest absolute Gasteiger partial charge is 0.303 e. The van der Waals surface area contributed by atoms with Crippen LogP contribution in [-0.4, -0.2) is 35.9 Å². The van der Waals surface area contributed by atoms with E-state index in [-0.39, 0.29) is 6.42 Å². The molecule has 6 heteroatoms. The molecule has 26 heavy (non-hydrogen) atoms. The van der Waals surface area contributed by atoms with E-state index in [2.05, 4.69) is 36.2 Å². The number of hydrogen-bond donors (Lipinski definition) is 3. The third kappa shape index (κ3) is 15.2. The molecule has 6 nitrogen and oxygen atoms in total. The maximum atomic E-state index is 9.37. The molecule has 2 aromatic rings. The maximum absolute atomic E-state index is 9.37. The van der Waals surface area contributed by atoms with Crippen molar-refractivity contribution in [1.82, 2.24) is 10.5 Å². The van der Waals surface area contributed by atoms with Crippen LogP contribution in [0.5, 0.6) is 0 Å². The molecule has 0 spiro atoms. The number of carboxylic acids is 1. The van der Waals surface area contributed by atoms with Crippen molar-refractivity contribution in [2.75, 3.05) is 25.0 Å². The van der Waals surface area contributed by atoms with Gasteiger partial charge >= 0.3 is 5.97 Å². The second kappa shape index (κ2) is 17.5. The summed E-state index contributed by atoms with van der Waals surface area (Å²) in [6.07, 6.45) is 0.222. The maximum Gasteiger partial charge on any atom is 0.303 e. The van der Waals surface area contributed by atoms with E-state index in [1.807, 2.05) is 45.0 Å². The molecule has 3 N–H and O–H groups in total. The first kappa shape index (κ1) is 25.9. The summed E-state index contributed by atoms with van der Waals surface area (Å²) in [5.74, 6) is 0.0816. The van der Waals surface area contributed by atoms with Gasteiger partial charge in [-0.05, 0) is 46.0 Å². The van der Waals surface area contributed by atoms with Gasteiger partial charge in [-0.25, -0.2) is 0 Å². The molecule has 0 bridgehead atoms. The molecule has 1 heterocycles. The van der Waals surface area contributed by atoms with Crippen LogP contribution in [0.15, 0.2) is 40.9 Å². The Bertz CT molecular complexity index is 603. The minimum atomic E-state index is -0.745. The van der Waals surface area contributed by atoms with Crippen LogP contribution in [0.3, 0.4) is 0 Å². The van der Waals surface area contributed by atoms with Crippen LogP contribution in [0.1, 0.15) is 48.0 Å². The first-order chi connectivity index (χ1) is 12.3. The number of rotatable bonds is 5. The number of nitrogens with one attached hydrogen (secondary N) is 2. The lowest BCUT2D eigenvalue weighted by molar-refractivity contribution is -0.136. The summed E-state index contributed by atoms with van der Waals surface area (Å²) >= 11 is 0. The fourth-order valence-electron chi connectivity index (χ4n) is 1.43. The number of carboxylic acid groups (broad SMARTS) is 1. The highest BCUT2D eigenvalue weighted by atomic mass is 16.5. The van der Waals surface area contributed by atoms with Crippen LogP contribution in [0.25, 0.3) is 11.0 Å². The highest BCUT2D eigenvalue weighted by molar-refractivity contribution is 5.87. The van der Waals surface area contributed by atoms with Crippen molar-refractivity contribution < 1.29 is 14.4 Å². The quantitative estimate of drug-likeness (QED) is 0.651. The third-order valence-corrected chi connectivity index (χ3v) is 2.52. The molecule has 148 valence electrons. The summed E-state index contributed by atoms with van der Waals surface area (Å²) in [5, 5.41) is 18.9. The molecule has 0 amide bonds. The number of para-hydroxylation sites is 1. The fraction of sp³-hybridized carbons (Fsp3) is 0.500. The normalized spacial score (nSPS) is 8.85. The molecule has 1 aromatic heterocycles. The lowest BCUT2D eigenvalue weighted by Crippen LogP contribution is -2.09. The number of benzene rings is 1. The zero-order valence-corrected chi connectivity index (χ0v) is 17.1. The summed E-state index contributed by atoms with van der Waals surface area (Å²) < 4.78 is 5.09. The van der Waals surface area contributed by atoms with Crippen molar-refractivity contribution >= 4 is 22.8 Å². The highest BCUT2D eigenvalue weighted by Crippen LogP contribution is 2.21. The molecule has 0 aliphatic heterocycles. The highest BCUT2D eigenvalue weighted by Gasteiger charge is 2.04. The Morgan fingerprint density at radius 2 is 1.62 bits per heavy atom. The Morgan fingerprint density at radius 1 is 1.12 bits per heavy atom. The van der Waals surface area contributed by atoms with Gasteiger partial charge in [0.25, 0.3) is 0 Å². The minimum Gasteiger partial charge on any atom is -0.481 e. The SMILES string of the molecule is C=C(C)C.CCC(=O)O.CCNCC.CCNc1noc2ccccc12. The monoisotopic (exact) mass is 365 g/mol. The predicted molar refractivity (Wildman–Crippen MR) is 111 cm³/mol. The van der Waals surface area contributed by atoms with Crippen molar-refractivity contribution in [3.63, 3.8) is 0 Å². The number of fused-ring (bicyclic) bond motifs is 1. The molecule has 0 fully saturated rings. The van der Waals surface area contributed by atoms with Gasteiger partial charge in [-0.3, -0.25) is 4.79 Å². The summed E-state index contributed by atoms with van der Waals surface area (Å²) in [5.41, 5.74) is 1.99. The van der Waals surface area contributed by atoms with E-state index in [9.17, 15) is 4.79 Å². The molecule has 0 saturated heterocycles. The summed E-state index contributed by atoms with van der Waals surface area (Å²) in [6, 6.07) is 7.80. The van der Waals surface area contributed by atoms with Crippen LogP contribution >= 0.6 is 0 Å². The molecule has 0 saturated carbocycles. The summed E-state index contributed by atoms with van der Waals surface area (Å²) in [4.78, 5) is 9.37. The third-order valence-electron chi connectivity index (χ3n) is 2.52. The molecule has 0 unspecified atom stereocenters. The summed E-state index contributed by atoms with van der Waals surface area (Å²) in [6.45, 7) is 18.4. The average molecular weight is 366 g/mol. The van der Waals surface area contributed by atoms with Gasteiger partial charge in [0.15, 0.2) is 11.4 Å². The van der Waals surface area contributed by atoms with Crippen molar-refractivity contribution in [3.8, 4) is 0 Å². The van der Waals surface area contributed by atoms with Gasteiger partial charge in [0.1, 0.15) is 0 Å². The van der Waals surface area contributed by atoms with E-state index in [1.54, 1.807) is 6.92 Å². The van der Waals surface area contributed by atoms with E-state index < -0.39 is 5.97 Å². The number of hydrogen-bond acceptors (Lipinski definition) is 5. The molecular weight excluding hydrogens is 330 g/mol. The molecular formula is C20H35N3O3. The minimum absolute atomic E-state index is 0.222. The second-order valence-corrected chi connectivity index (χ2v) is 5.47. The second-order valence-electron chi connectivity index (χ2n) is 5.47. The van der Waals surface area contributed by atoms with Gasteiger partial charge in [0, 0.05) is 13.0 Å². The molecule has 1 aromatic carbocycles. The first-order valence-corrected chi connectivity index (χ1v) is 8.96. The number of aromatic nitrogens is 1. The molecule has 0 aliphatic rings. The molecule has 2 rings (SSSR count). The van der Waals surface area contributed by atoms with Crippen molar-refractivity contribution in [1.29, 1.82) is 0 Å². The van der Waals surface area contributed by atoms with Gasteiger partial charge < -0.3 is 20.3 Å². The first-order valence-electron chi connectivity index (χ1n) is 8.96. The van der Waals surface area contributed by atoms with E-state index in [4.69, 9.17) is 9.63 Å². The van der Waals surface area contributed by atoms with Gasteiger partial charge in [0.2, 0.25) is 0 Å². The number of carbonyl (C=O) groups is 1. The predicted octanol–water partition coefficient (Wildman–Crippen LogP) is 4.94. The van der Waals surface area contributed by atoms with Crippen LogP contribution in [0.2, 0.25) is 0 Å². The van der Waals surface area contributed by atoms with E-state index in [1.165, 1.54) is 5.57 Å². The van der Waals surface area contributed by atoms with Crippen LogP contribution < -0.4 is 10.6 Å². The van der Waals surface area contributed by atoms with Gasteiger partial charge in [-0.15, -0.1) is 6.58 Å². The van der Waals surface area contributed by atoms with E-state index in [0.29, 0.717) is 0 Å². The lowest BCUT2D eigenvalue weighted by atomic mass is 10.2. The summed E-state index contributed by atoms with van der Waals surface area (Å²) in [7, 11) is 0. The average Bonchev–Trinajstić information content (AvgIpc) is 3.00. The topological polar surface area (TPSA) is 87.4 Å². The van der Waals surface area contributed by atoms with Crippen LogP contribution in [0.4, 0.5) is 5.82 Å². The number of aliphatic carboxylic acids is 1. The van der Waals surface area contributed by atoms with Gasteiger partial charge in [-0.1, -0.05) is 43.6 Å². The Hall–Kier alpha value is -2.34. The van der Waals surface area contributed by atoms with Crippen molar-refractivity contribution in [2.24, 2.45) is 0 Å². The Kier molecular flexibility index (Phi) is 17.4. The van der Waals surface area contributed by atoms with E-state index >= 15 is 0 Å². The molecule has 0 atom stereocenters. The Balaban J connectivity index is 0. The number of nitrogens with zero attached hydrogens (tertiary/aromatic N) is 1. The largest absolute Gasteiger partial charge is 0.481 e. The van der Waals surface area contributed by atoms with Crippen molar-refractivity contribution in [3.05, 3.63) is 36.4 Å². The van der Waals surface area contributed by atoms with E-state index in [0.717, 1.165) is 36.4 Å². The number of anilines is 1. The fourth-order valence-corrected chi connectivity index (χ4v) is 1.43. The molecule has 0 aliphatic carbocycles.